The Labute approximate surface area is 128 Å². The maximum Gasteiger partial charge on any atom is 0.0820 e. The van der Waals surface area contributed by atoms with Crippen LogP contribution in [0.25, 0.3) is 0 Å². The molecule has 0 bridgehead atoms. The molecule has 0 aromatic carbocycles. The van der Waals surface area contributed by atoms with Crippen molar-refractivity contribution in [2.24, 2.45) is 11.3 Å². The van der Waals surface area contributed by atoms with Gasteiger partial charge in [-0.3, -0.25) is 4.68 Å². The first kappa shape index (κ1) is 15.8. The second kappa shape index (κ2) is 6.48. The van der Waals surface area contributed by atoms with Gasteiger partial charge < -0.3 is 5.32 Å². The van der Waals surface area contributed by atoms with Crippen LogP contribution in [0.4, 0.5) is 0 Å². The minimum atomic E-state index is 0.402. The summed E-state index contributed by atoms with van der Waals surface area (Å²) < 4.78 is 2.09. The molecule has 1 fully saturated rings. The Morgan fingerprint density at radius 1 is 1.45 bits per heavy atom. The third-order valence-electron chi connectivity index (χ3n) is 4.67. The summed E-state index contributed by atoms with van der Waals surface area (Å²) in [6.07, 6.45) is 5.59. The number of rotatable bonds is 5. The van der Waals surface area contributed by atoms with Gasteiger partial charge >= 0.3 is 0 Å². The molecular weight excluding hydrogens is 270 g/mol. The van der Waals surface area contributed by atoms with Crippen molar-refractivity contribution in [1.29, 1.82) is 0 Å². The van der Waals surface area contributed by atoms with Crippen molar-refractivity contribution in [1.82, 2.24) is 15.1 Å². The molecule has 114 valence electrons. The summed E-state index contributed by atoms with van der Waals surface area (Å²) in [6.45, 7) is 12.1. The summed E-state index contributed by atoms with van der Waals surface area (Å²) in [5.74, 6) is 1.19. The third-order valence-corrected chi connectivity index (χ3v) is 4.97. The Kier molecular flexibility index (Phi) is 5.14. The lowest BCUT2D eigenvalue weighted by atomic mass is 9.66. The van der Waals surface area contributed by atoms with Crippen LogP contribution >= 0.6 is 11.6 Å². The molecule has 2 rings (SSSR count). The lowest BCUT2D eigenvalue weighted by molar-refractivity contribution is 0.155. The summed E-state index contributed by atoms with van der Waals surface area (Å²) in [7, 11) is 0. The first-order chi connectivity index (χ1) is 9.48. The van der Waals surface area contributed by atoms with Gasteiger partial charge in [-0.1, -0.05) is 32.4 Å². The molecule has 1 aromatic heterocycles. The van der Waals surface area contributed by atoms with Crippen LogP contribution in [0, 0.1) is 11.3 Å². The molecule has 4 heteroatoms. The molecule has 0 aliphatic heterocycles. The van der Waals surface area contributed by atoms with Crippen LogP contribution in [0.3, 0.4) is 0 Å². The highest BCUT2D eigenvalue weighted by molar-refractivity contribution is 6.31. The van der Waals surface area contributed by atoms with E-state index in [4.69, 9.17) is 11.6 Å². The van der Waals surface area contributed by atoms with Crippen LogP contribution < -0.4 is 5.32 Å². The summed E-state index contributed by atoms with van der Waals surface area (Å²) in [5, 5.41) is 8.80. The second-order valence-corrected chi connectivity index (χ2v) is 7.18. The number of nitrogens with zero attached hydrogens (tertiary/aromatic N) is 2. The summed E-state index contributed by atoms with van der Waals surface area (Å²) in [5.41, 5.74) is 1.66. The van der Waals surface area contributed by atoms with Gasteiger partial charge in [0.1, 0.15) is 0 Å². The fourth-order valence-corrected chi connectivity index (χ4v) is 3.81. The Morgan fingerprint density at radius 2 is 2.20 bits per heavy atom. The maximum atomic E-state index is 6.45. The molecule has 1 saturated carbocycles. The van der Waals surface area contributed by atoms with E-state index in [0.717, 1.165) is 24.7 Å². The lowest BCUT2D eigenvalue weighted by Gasteiger charge is -2.41. The first-order valence-corrected chi connectivity index (χ1v) is 8.28. The van der Waals surface area contributed by atoms with Gasteiger partial charge in [-0.15, -0.1) is 0 Å². The molecule has 2 unspecified atom stereocenters. The Balaban J connectivity index is 2.28. The van der Waals surface area contributed by atoms with Gasteiger partial charge in [-0.2, -0.15) is 5.10 Å². The highest BCUT2D eigenvalue weighted by atomic mass is 35.5. The Morgan fingerprint density at radius 3 is 2.85 bits per heavy atom. The van der Waals surface area contributed by atoms with E-state index in [1.54, 1.807) is 0 Å². The Bertz CT molecular complexity index is 439. The van der Waals surface area contributed by atoms with Gasteiger partial charge in [-0.25, -0.2) is 0 Å². The van der Waals surface area contributed by atoms with Gasteiger partial charge in [0.15, 0.2) is 0 Å². The van der Waals surface area contributed by atoms with Gasteiger partial charge in [-0.05, 0) is 50.6 Å². The normalized spacial score (nSPS) is 25.9. The van der Waals surface area contributed by atoms with Gasteiger partial charge in [0, 0.05) is 12.5 Å². The maximum absolute atomic E-state index is 6.45. The zero-order valence-corrected chi connectivity index (χ0v) is 14.0. The van der Waals surface area contributed by atoms with Crippen LogP contribution in [-0.2, 0) is 6.54 Å². The topological polar surface area (TPSA) is 29.9 Å². The molecule has 0 spiro atoms. The Hall–Kier alpha value is -0.540. The highest BCUT2D eigenvalue weighted by Crippen LogP contribution is 2.47. The summed E-state index contributed by atoms with van der Waals surface area (Å²) in [6, 6.07) is 0. The van der Waals surface area contributed by atoms with E-state index in [1.165, 1.54) is 25.0 Å². The quantitative estimate of drug-likeness (QED) is 0.887. The standard InChI is InChI=1S/C16H28ClN3/c1-5-18-10-12-7-8-16(3,4)9-13(12)15-14(17)11-19-20(15)6-2/h11-13,18H,5-10H2,1-4H3. The number of hydrogen-bond acceptors (Lipinski definition) is 2. The van der Waals surface area contributed by atoms with Crippen molar-refractivity contribution in [2.45, 2.75) is 59.4 Å². The van der Waals surface area contributed by atoms with Crippen molar-refractivity contribution in [2.75, 3.05) is 13.1 Å². The smallest absolute Gasteiger partial charge is 0.0820 e. The molecule has 20 heavy (non-hydrogen) atoms. The molecular formula is C16H28ClN3. The predicted molar refractivity (Wildman–Crippen MR) is 85.3 cm³/mol. The molecule has 3 nitrogen and oxygen atoms in total. The zero-order valence-electron chi connectivity index (χ0n) is 13.2. The fraction of sp³-hybridized carbons (Fsp3) is 0.812. The number of aromatic nitrogens is 2. The van der Waals surface area contributed by atoms with Crippen LogP contribution in [0.2, 0.25) is 5.02 Å². The molecule has 1 heterocycles. The van der Waals surface area contributed by atoms with Crippen molar-refractivity contribution >= 4 is 11.6 Å². The van der Waals surface area contributed by atoms with E-state index in [9.17, 15) is 0 Å². The molecule has 0 radical (unpaired) electrons. The summed E-state index contributed by atoms with van der Waals surface area (Å²) in [4.78, 5) is 0. The lowest BCUT2D eigenvalue weighted by Crippen LogP contribution is -2.35. The summed E-state index contributed by atoms with van der Waals surface area (Å²) >= 11 is 6.45. The van der Waals surface area contributed by atoms with Gasteiger partial charge in [0.25, 0.3) is 0 Å². The average Bonchev–Trinajstić information content (AvgIpc) is 2.77. The fourth-order valence-electron chi connectivity index (χ4n) is 3.53. The number of aryl methyl sites for hydroxylation is 1. The van der Waals surface area contributed by atoms with Crippen molar-refractivity contribution in [3.63, 3.8) is 0 Å². The van der Waals surface area contributed by atoms with Crippen LogP contribution in [-0.4, -0.2) is 22.9 Å². The zero-order chi connectivity index (χ0) is 14.8. The minimum Gasteiger partial charge on any atom is -0.317 e. The molecule has 1 aliphatic rings. The average molecular weight is 298 g/mol. The molecule has 2 atom stereocenters. The number of hydrogen-bond donors (Lipinski definition) is 1. The highest BCUT2D eigenvalue weighted by Gasteiger charge is 2.37. The van der Waals surface area contributed by atoms with E-state index >= 15 is 0 Å². The molecule has 0 amide bonds. The van der Waals surface area contributed by atoms with E-state index in [0.29, 0.717) is 17.3 Å². The molecule has 1 aliphatic carbocycles. The van der Waals surface area contributed by atoms with E-state index in [1.807, 2.05) is 6.20 Å². The van der Waals surface area contributed by atoms with Crippen molar-refractivity contribution < 1.29 is 0 Å². The van der Waals surface area contributed by atoms with Crippen molar-refractivity contribution in [3.05, 3.63) is 16.9 Å². The van der Waals surface area contributed by atoms with Crippen LogP contribution in [0.1, 0.15) is 58.6 Å². The predicted octanol–water partition coefficient (Wildman–Crippen LogP) is 4.08. The first-order valence-electron chi connectivity index (χ1n) is 7.90. The van der Waals surface area contributed by atoms with Crippen LogP contribution in [0.5, 0.6) is 0 Å². The molecule has 0 saturated heterocycles. The van der Waals surface area contributed by atoms with Crippen LogP contribution in [0.15, 0.2) is 6.20 Å². The van der Waals surface area contributed by atoms with Gasteiger partial charge in [0.2, 0.25) is 0 Å². The van der Waals surface area contributed by atoms with E-state index in [2.05, 4.69) is 42.8 Å². The number of nitrogens with one attached hydrogen (secondary N) is 1. The largest absolute Gasteiger partial charge is 0.317 e. The molecule has 1 aromatic rings. The number of halogens is 1. The van der Waals surface area contributed by atoms with Crippen molar-refractivity contribution in [3.8, 4) is 0 Å². The second-order valence-electron chi connectivity index (χ2n) is 6.77. The molecule has 1 N–H and O–H groups in total. The minimum absolute atomic E-state index is 0.402. The monoisotopic (exact) mass is 297 g/mol. The van der Waals surface area contributed by atoms with E-state index < -0.39 is 0 Å². The van der Waals surface area contributed by atoms with E-state index in [-0.39, 0.29) is 0 Å². The third kappa shape index (κ3) is 3.37. The SMILES string of the molecule is CCNCC1CCC(C)(C)CC1c1c(Cl)cnn1CC. The van der Waals surface area contributed by atoms with Gasteiger partial charge in [0.05, 0.1) is 16.9 Å².